The number of hydrogen-bond acceptors (Lipinski definition) is 2. The second-order valence-corrected chi connectivity index (χ2v) is 6.04. The average Bonchev–Trinajstić information content (AvgIpc) is 2.99. The summed E-state index contributed by atoms with van der Waals surface area (Å²) in [5.41, 5.74) is 3.28. The monoisotopic (exact) mass is 245 g/mol. The van der Waals surface area contributed by atoms with Crippen molar-refractivity contribution in [2.45, 2.75) is 45.6 Å². The van der Waals surface area contributed by atoms with Crippen LogP contribution in [0.4, 0.5) is 0 Å². The van der Waals surface area contributed by atoms with Crippen LogP contribution in [0.25, 0.3) is 0 Å². The van der Waals surface area contributed by atoms with Crippen LogP contribution in [0.15, 0.2) is 18.2 Å². The van der Waals surface area contributed by atoms with Gasteiger partial charge in [0.05, 0.1) is 0 Å². The van der Waals surface area contributed by atoms with E-state index in [-0.39, 0.29) is 0 Å². The van der Waals surface area contributed by atoms with Crippen molar-refractivity contribution < 1.29 is 4.74 Å². The van der Waals surface area contributed by atoms with E-state index in [4.69, 9.17) is 4.74 Å². The van der Waals surface area contributed by atoms with Crippen molar-refractivity contribution >= 4 is 0 Å². The minimum absolute atomic E-state index is 0.406. The molecule has 2 nitrogen and oxygen atoms in total. The third-order valence-electron chi connectivity index (χ3n) is 4.32. The van der Waals surface area contributed by atoms with Crippen LogP contribution in [-0.2, 0) is 6.42 Å². The molecule has 98 valence electrons. The van der Waals surface area contributed by atoms with Gasteiger partial charge in [-0.15, -0.1) is 0 Å². The topological polar surface area (TPSA) is 21.3 Å². The summed E-state index contributed by atoms with van der Waals surface area (Å²) < 4.78 is 6.09. The lowest BCUT2D eigenvalue weighted by Gasteiger charge is -2.19. The summed E-state index contributed by atoms with van der Waals surface area (Å²) in [6.45, 7) is 6.58. The van der Waals surface area contributed by atoms with E-state index >= 15 is 0 Å². The fourth-order valence-electron chi connectivity index (χ4n) is 3.07. The highest BCUT2D eigenvalue weighted by Crippen LogP contribution is 2.50. The van der Waals surface area contributed by atoms with Crippen molar-refractivity contribution in [3.05, 3.63) is 29.3 Å². The molecule has 1 fully saturated rings. The number of rotatable bonds is 5. The van der Waals surface area contributed by atoms with Gasteiger partial charge in [0, 0.05) is 13.0 Å². The van der Waals surface area contributed by atoms with E-state index in [1.54, 1.807) is 0 Å². The van der Waals surface area contributed by atoms with Crippen LogP contribution in [-0.4, -0.2) is 19.2 Å². The van der Waals surface area contributed by atoms with E-state index in [2.05, 4.69) is 37.4 Å². The highest BCUT2D eigenvalue weighted by molar-refractivity contribution is 5.40. The second-order valence-electron chi connectivity index (χ2n) is 6.04. The molecule has 2 heteroatoms. The van der Waals surface area contributed by atoms with Gasteiger partial charge in [0.2, 0.25) is 0 Å². The molecule has 1 atom stereocenters. The van der Waals surface area contributed by atoms with Crippen molar-refractivity contribution in [3.8, 4) is 5.75 Å². The van der Waals surface area contributed by atoms with Crippen LogP contribution in [0.2, 0.25) is 0 Å². The maximum absolute atomic E-state index is 6.09. The fraction of sp³-hybridized carbons (Fsp3) is 0.625. The van der Waals surface area contributed by atoms with Gasteiger partial charge in [-0.25, -0.2) is 0 Å². The Morgan fingerprint density at radius 2 is 2.22 bits per heavy atom. The Kier molecular flexibility index (Phi) is 3.06. The van der Waals surface area contributed by atoms with Crippen molar-refractivity contribution in [1.29, 1.82) is 0 Å². The third kappa shape index (κ3) is 2.39. The first-order valence-electron chi connectivity index (χ1n) is 7.18. The molecule has 0 aromatic heterocycles. The minimum atomic E-state index is 0.406. The molecular formula is C16H23NO. The van der Waals surface area contributed by atoms with Crippen LogP contribution < -0.4 is 10.1 Å². The van der Waals surface area contributed by atoms with Crippen LogP contribution in [0, 0.1) is 12.3 Å². The van der Waals surface area contributed by atoms with Crippen LogP contribution in [0.3, 0.4) is 0 Å². The Morgan fingerprint density at radius 3 is 2.94 bits per heavy atom. The number of hydrogen-bond donors (Lipinski definition) is 1. The number of benzene rings is 1. The standard InChI is InChI=1S/C16H23NO/c1-3-17-11-16(6-7-16)10-14-9-13-8-12(2)4-5-15(13)18-14/h4-5,8,14,17H,3,6-7,9-11H2,1-2H3. The first kappa shape index (κ1) is 12.0. The van der Waals surface area contributed by atoms with Gasteiger partial charge in [-0.2, -0.15) is 0 Å². The molecule has 1 N–H and O–H groups in total. The lowest BCUT2D eigenvalue weighted by atomic mass is 9.95. The summed E-state index contributed by atoms with van der Waals surface area (Å²) in [5, 5.41) is 3.50. The summed E-state index contributed by atoms with van der Waals surface area (Å²) in [6.07, 6.45) is 5.46. The third-order valence-corrected chi connectivity index (χ3v) is 4.32. The molecule has 1 saturated carbocycles. The normalized spacial score (nSPS) is 23.6. The van der Waals surface area contributed by atoms with Crippen molar-refractivity contribution in [2.75, 3.05) is 13.1 Å². The predicted molar refractivity (Wildman–Crippen MR) is 74.1 cm³/mol. The first-order chi connectivity index (χ1) is 8.71. The van der Waals surface area contributed by atoms with Gasteiger partial charge < -0.3 is 10.1 Å². The van der Waals surface area contributed by atoms with Crippen LogP contribution >= 0.6 is 0 Å². The Balaban J connectivity index is 1.61. The van der Waals surface area contributed by atoms with Gasteiger partial charge in [-0.3, -0.25) is 0 Å². The second kappa shape index (κ2) is 4.58. The summed E-state index contributed by atoms with van der Waals surface area (Å²) in [5.74, 6) is 1.12. The van der Waals surface area contributed by atoms with E-state index in [9.17, 15) is 0 Å². The molecule has 0 bridgehead atoms. The molecule has 0 spiro atoms. The number of ether oxygens (including phenoxy) is 1. The van der Waals surface area contributed by atoms with Gasteiger partial charge in [-0.1, -0.05) is 24.6 Å². The zero-order chi connectivity index (χ0) is 12.6. The molecule has 2 aliphatic rings. The molecule has 0 amide bonds. The quantitative estimate of drug-likeness (QED) is 0.860. The maximum atomic E-state index is 6.09. The van der Waals surface area contributed by atoms with Crippen molar-refractivity contribution in [2.24, 2.45) is 5.41 Å². The van der Waals surface area contributed by atoms with E-state index in [1.165, 1.54) is 36.9 Å². The van der Waals surface area contributed by atoms with E-state index < -0.39 is 0 Å². The molecule has 1 aromatic carbocycles. The van der Waals surface area contributed by atoms with Crippen molar-refractivity contribution in [1.82, 2.24) is 5.32 Å². The number of aryl methyl sites for hydroxylation is 1. The molecule has 1 aromatic rings. The first-order valence-corrected chi connectivity index (χ1v) is 7.18. The molecule has 1 unspecified atom stereocenters. The smallest absolute Gasteiger partial charge is 0.123 e. The Hall–Kier alpha value is -1.02. The molecule has 18 heavy (non-hydrogen) atoms. The lowest BCUT2D eigenvalue weighted by molar-refractivity contribution is 0.184. The van der Waals surface area contributed by atoms with Gasteiger partial charge >= 0.3 is 0 Å². The maximum Gasteiger partial charge on any atom is 0.123 e. The van der Waals surface area contributed by atoms with Crippen molar-refractivity contribution in [3.63, 3.8) is 0 Å². The van der Waals surface area contributed by atoms with Gasteiger partial charge in [-0.05, 0) is 49.8 Å². The fourth-order valence-corrected chi connectivity index (χ4v) is 3.07. The molecule has 1 aliphatic heterocycles. The summed E-state index contributed by atoms with van der Waals surface area (Å²) in [7, 11) is 0. The highest BCUT2D eigenvalue weighted by atomic mass is 16.5. The van der Waals surface area contributed by atoms with Gasteiger partial charge in [0.1, 0.15) is 11.9 Å². The van der Waals surface area contributed by atoms with E-state index in [0.717, 1.165) is 18.7 Å². The largest absolute Gasteiger partial charge is 0.490 e. The van der Waals surface area contributed by atoms with E-state index in [0.29, 0.717) is 11.5 Å². The predicted octanol–water partition coefficient (Wildman–Crippen LogP) is 3.08. The molecular weight excluding hydrogens is 222 g/mol. The molecule has 1 heterocycles. The van der Waals surface area contributed by atoms with Crippen LogP contribution in [0.1, 0.15) is 37.3 Å². The molecule has 0 radical (unpaired) electrons. The SMILES string of the molecule is CCNCC1(CC2Cc3cc(C)ccc3O2)CC1. The lowest BCUT2D eigenvalue weighted by Crippen LogP contribution is -2.28. The minimum Gasteiger partial charge on any atom is -0.490 e. The van der Waals surface area contributed by atoms with Gasteiger partial charge in [0.25, 0.3) is 0 Å². The van der Waals surface area contributed by atoms with Gasteiger partial charge in [0.15, 0.2) is 0 Å². The zero-order valence-electron chi connectivity index (χ0n) is 11.5. The highest BCUT2D eigenvalue weighted by Gasteiger charge is 2.45. The Morgan fingerprint density at radius 1 is 1.39 bits per heavy atom. The van der Waals surface area contributed by atoms with E-state index in [1.807, 2.05) is 0 Å². The molecule has 1 aliphatic carbocycles. The summed E-state index contributed by atoms with van der Waals surface area (Å²) in [4.78, 5) is 0. The average molecular weight is 245 g/mol. The summed E-state index contributed by atoms with van der Waals surface area (Å²) in [6, 6.07) is 6.56. The number of nitrogens with one attached hydrogen (secondary N) is 1. The number of fused-ring (bicyclic) bond motifs is 1. The molecule has 0 saturated heterocycles. The summed E-state index contributed by atoms with van der Waals surface area (Å²) >= 11 is 0. The Bertz CT molecular complexity index is 437. The Labute approximate surface area is 110 Å². The molecule has 3 rings (SSSR count). The zero-order valence-corrected chi connectivity index (χ0v) is 11.5. The van der Waals surface area contributed by atoms with Crippen LogP contribution in [0.5, 0.6) is 5.75 Å².